The predicted molar refractivity (Wildman–Crippen MR) is 73.1 cm³/mol. The van der Waals surface area contributed by atoms with E-state index >= 15 is 0 Å². The maximum atomic E-state index is 6.34. The lowest BCUT2D eigenvalue weighted by atomic mass is 9.92. The highest BCUT2D eigenvalue weighted by Crippen LogP contribution is 2.36. The van der Waals surface area contributed by atoms with Gasteiger partial charge in [0.2, 0.25) is 0 Å². The van der Waals surface area contributed by atoms with Crippen LogP contribution in [0.25, 0.3) is 0 Å². The average Bonchev–Trinajstić information content (AvgIpc) is 2.61. The molecule has 94 valence electrons. The van der Waals surface area contributed by atoms with E-state index in [9.17, 15) is 0 Å². The molecule has 17 heavy (non-hydrogen) atoms. The van der Waals surface area contributed by atoms with Crippen molar-refractivity contribution in [1.29, 1.82) is 0 Å². The third kappa shape index (κ3) is 2.24. The standard InChI is InChI=1S/C15H24N2/c1-10(2)17-9-8-13(16)15(17)14-11(3)6-5-7-12(14)4/h5-7,10,13,15H,8-9,16H2,1-4H3. The third-order valence-corrected chi connectivity index (χ3v) is 3.98. The molecule has 2 unspecified atom stereocenters. The molecule has 1 fully saturated rings. The Bertz CT molecular complexity index is 378. The summed E-state index contributed by atoms with van der Waals surface area (Å²) in [6, 6.07) is 7.77. The van der Waals surface area contributed by atoms with Crippen molar-refractivity contribution in [3.05, 3.63) is 34.9 Å². The van der Waals surface area contributed by atoms with Crippen LogP contribution in [0.15, 0.2) is 18.2 Å². The Kier molecular flexibility index (Phi) is 3.55. The molecule has 2 N–H and O–H groups in total. The van der Waals surface area contributed by atoms with E-state index in [4.69, 9.17) is 5.73 Å². The summed E-state index contributed by atoms with van der Waals surface area (Å²) in [7, 11) is 0. The van der Waals surface area contributed by atoms with E-state index in [0.29, 0.717) is 12.1 Å². The first-order valence-electron chi connectivity index (χ1n) is 6.59. The van der Waals surface area contributed by atoms with Crippen LogP contribution in [0.5, 0.6) is 0 Å². The Morgan fingerprint density at radius 1 is 1.24 bits per heavy atom. The average molecular weight is 232 g/mol. The Balaban J connectivity index is 2.43. The summed E-state index contributed by atoms with van der Waals surface area (Å²) in [6.07, 6.45) is 1.11. The minimum atomic E-state index is 0.275. The number of aryl methyl sites for hydroxylation is 2. The van der Waals surface area contributed by atoms with Crippen molar-refractivity contribution >= 4 is 0 Å². The molecule has 0 bridgehead atoms. The maximum Gasteiger partial charge on any atom is 0.0507 e. The number of likely N-dealkylation sites (tertiary alicyclic amines) is 1. The molecule has 1 aromatic rings. The highest BCUT2D eigenvalue weighted by Gasteiger charge is 2.35. The van der Waals surface area contributed by atoms with Crippen molar-refractivity contribution in [2.45, 2.75) is 52.2 Å². The highest BCUT2D eigenvalue weighted by molar-refractivity contribution is 5.37. The zero-order valence-electron chi connectivity index (χ0n) is 11.4. The molecule has 0 radical (unpaired) electrons. The highest BCUT2D eigenvalue weighted by atomic mass is 15.2. The molecule has 0 aliphatic carbocycles. The molecule has 2 atom stereocenters. The molecule has 1 aromatic carbocycles. The summed E-state index contributed by atoms with van der Waals surface area (Å²) < 4.78 is 0. The summed E-state index contributed by atoms with van der Waals surface area (Å²) >= 11 is 0. The van der Waals surface area contributed by atoms with Crippen LogP contribution in [0.3, 0.4) is 0 Å². The van der Waals surface area contributed by atoms with Crippen molar-refractivity contribution in [2.24, 2.45) is 5.73 Å². The Morgan fingerprint density at radius 2 is 1.82 bits per heavy atom. The van der Waals surface area contributed by atoms with Gasteiger partial charge in [0.15, 0.2) is 0 Å². The van der Waals surface area contributed by atoms with E-state index in [0.717, 1.165) is 13.0 Å². The van der Waals surface area contributed by atoms with Gasteiger partial charge in [-0.05, 0) is 50.8 Å². The molecule has 1 heterocycles. The first kappa shape index (κ1) is 12.6. The minimum absolute atomic E-state index is 0.275. The molecule has 2 rings (SSSR count). The number of nitrogens with two attached hydrogens (primary N) is 1. The Morgan fingerprint density at radius 3 is 2.35 bits per heavy atom. The van der Waals surface area contributed by atoms with E-state index in [1.807, 2.05) is 0 Å². The minimum Gasteiger partial charge on any atom is -0.326 e. The van der Waals surface area contributed by atoms with E-state index in [-0.39, 0.29) is 6.04 Å². The van der Waals surface area contributed by atoms with Crippen molar-refractivity contribution in [2.75, 3.05) is 6.54 Å². The van der Waals surface area contributed by atoms with E-state index in [1.165, 1.54) is 16.7 Å². The second-order valence-electron chi connectivity index (χ2n) is 5.53. The molecule has 0 saturated carbocycles. The van der Waals surface area contributed by atoms with Crippen molar-refractivity contribution < 1.29 is 0 Å². The van der Waals surface area contributed by atoms with Gasteiger partial charge in [0.05, 0.1) is 6.04 Å². The molecule has 2 heteroatoms. The summed E-state index contributed by atoms with van der Waals surface area (Å²) in [5.74, 6) is 0. The van der Waals surface area contributed by atoms with Crippen LogP contribution in [0, 0.1) is 13.8 Å². The number of benzene rings is 1. The monoisotopic (exact) mass is 232 g/mol. The molecule has 1 aliphatic heterocycles. The fraction of sp³-hybridized carbons (Fsp3) is 0.600. The van der Waals surface area contributed by atoms with Crippen LogP contribution in [0.1, 0.15) is 43.0 Å². The number of nitrogens with zero attached hydrogens (tertiary/aromatic N) is 1. The third-order valence-electron chi connectivity index (χ3n) is 3.98. The lowest BCUT2D eigenvalue weighted by Gasteiger charge is -2.32. The maximum absolute atomic E-state index is 6.34. The normalized spacial score (nSPS) is 25.8. The van der Waals surface area contributed by atoms with Gasteiger partial charge in [-0.3, -0.25) is 4.90 Å². The van der Waals surface area contributed by atoms with Crippen molar-refractivity contribution in [1.82, 2.24) is 4.90 Å². The molecule has 1 aliphatic rings. The summed E-state index contributed by atoms with van der Waals surface area (Å²) in [5.41, 5.74) is 10.5. The van der Waals surface area contributed by atoms with Gasteiger partial charge < -0.3 is 5.73 Å². The molecule has 0 aromatic heterocycles. The van der Waals surface area contributed by atoms with Gasteiger partial charge >= 0.3 is 0 Å². The van der Waals surface area contributed by atoms with Crippen LogP contribution in [0.4, 0.5) is 0 Å². The first-order valence-corrected chi connectivity index (χ1v) is 6.59. The Hall–Kier alpha value is -0.860. The zero-order chi connectivity index (χ0) is 12.6. The lowest BCUT2D eigenvalue weighted by Crippen LogP contribution is -2.36. The second kappa shape index (κ2) is 4.79. The van der Waals surface area contributed by atoms with E-state index in [1.54, 1.807) is 0 Å². The molecular formula is C15H24N2. The molecule has 1 saturated heterocycles. The fourth-order valence-electron chi connectivity index (χ4n) is 3.09. The van der Waals surface area contributed by atoms with Gasteiger partial charge in [0.25, 0.3) is 0 Å². The van der Waals surface area contributed by atoms with Crippen LogP contribution in [0.2, 0.25) is 0 Å². The van der Waals surface area contributed by atoms with Gasteiger partial charge in [-0.25, -0.2) is 0 Å². The number of hydrogen-bond acceptors (Lipinski definition) is 2. The number of rotatable bonds is 2. The lowest BCUT2D eigenvalue weighted by molar-refractivity contribution is 0.197. The van der Waals surface area contributed by atoms with Gasteiger partial charge in [0.1, 0.15) is 0 Å². The van der Waals surface area contributed by atoms with E-state index in [2.05, 4.69) is 50.8 Å². The zero-order valence-corrected chi connectivity index (χ0v) is 11.4. The molecule has 2 nitrogen and oxygen atoms in total. The Labute approximate surface area is 105 Å². The van der Waals surface area contributed by atoms with Crippen molar-refractivity contribution in [3.63, 3.8) is 0 Å². The topological polar surface area (TPSA) is 29.3 Å². The summed E-state index contributed by atoms with van der Waals surface area (Å²) in [4.78, 5) is 2.54. The predicted octanol–water partition coefficient (Wildman–Crippen LogP) is 2.79. The largest absolute Gasteiger partial charge is 0.326 e. The fourth-order valence-corrected chi connectivity index (χ4v) is 3.09. The van der Waals surface area contributed by atoms with Gasteiger partial charge in [-0.15, -0.1) is 0 Å². The molecule has 0 amide bonds. The van der Waals surface area contributed by atoms with E-state index < -0.39 is 0 Å². The van der Waals surface area contributed by atoms with Gasteiger partial charge in [0, 0.05) is 18.6 Å². The van der Waals surface area contributed by atoms with Crippen molar-refractivity contribution in [3.8, 4) is 0 Å². The summed E-state index contributed by atoms with van der Waals surface area (Å²) in [6.45, 7) is 10.0. The molecular weight excluding hydrogens is 208 g/mol. The number of hydrogen-bond donors (Lipinski definition) is 1. The first-order chi connectivity index (χ1) is 8.02. The van der Waals surface area contributed by atoms with Crippen LogP contribution in [-0.4, -0.2) is 23.5 Å². The van der Waals surface area contributed by atoms with Crippen LogP contribution < -0.4 is 5.73 Å². The molecule has 0 spiro atoms. The van der Waals surface area contributed by atoms with Gasteiger partial charge in [-0.1, -0.05) is 18.2 Å². The smallest absolute Gasteiger partial charge is 0.0507 e. The van der Waals surface area contributed by atoms with Crippen LogP contribution in [-0.2, 0) is 0 Å². The second-order valence-corrected chi connectivity index (χ2v) is 5.53. The quantitative estimate of drug-likeness (QED) is 0.849. The van der Waals surface area contributed by atoms with Gasteiger partial charge in [-0.2, -0.15) is 0 Å². The van der Waals surface area contributed by atoms with Crippen LogP contribution >= 0.6 is 0 Å². The SMILES string of the molecule is Cc1cccc(C)c1C1C(N)CCN1C(C)C. The summed E-state index contributed by atoms with van der Waals surface area (Å²) in [5, 5.41) is 0.